The smallest absolute Gasteiger partial charge is 0.262 e. The van der Waals surface area contributed by atoms with Gasteiger partial charge in [-0.05, 0) is 75.0 Å². The van der Waals surface area contributed by atoms with Gasteiger partial charge >= 0.3 is 0 Å². The van der Waals surface area contributed by atoms with E-state index in [0.29, 0.717) is 11.6 Å². The molecule has 0 unspecified atom stereocenters. The molecule has 0 spiro atoms. The molecule has 3 heterocycles. The van der Waals surface area contributed by atoms with Gasteiger partial charge in [-0.2, -0.15) is 0 Å². The molecule has 4 rings (SSSR count). The molecule has 0 atom stereocenters. The Morgan fingerprint density at radius 2 is 1.94 bits per heavy atom. The van der Waals surface area contributed by atoms with Crippen LogP contribution in [-0.2, 0) is 29.3 Å². The maximum Gasteiger partial charge on any atom is 0.262 e. The molecule has 1 aromatic carbocycles. The standard InChI is InChI=1S/C23H31N3O4S/c1-5-26-12-9-16-15-20(22(29-4)24-19(16)10-13-26)25-31(27,28)18-6-7-21-17(14-18)8-11-23(2,3)30-21/h6-7,14-15,25H,5,8-13H2,1-4H3. The van der Waals surface area contributed by atoms with E-state index in [1.165, 1.54) is 7.11 Å². The number of anilines is 1. The molecule has 0 bridgehead atoms. The second-order valence-electron chi connectivity index (χ2n) is 8.82. The van der Waals surface area contributed by atoms with Crippen LogP contribution in [-0.4, -0.2) is 50.6 Å². The Labute approximate surface area is 184 Å². The van der Waals surface area contributed by atoms with Gasteiger partial charge in [0.05, 0.1) is 12.0 Å². The number of fused-ring (bicyclic) bond motifs is 2. The van der Waals surface area contributed by atoms with Crippen molar-refractivity contribution in [3.63, 3.8) is 0 Å². The molecule has 31 heavy (non-hydrogen) atoms. The first-order valence-electron chi connectivity index (χ1n) is 10.8. The van der Waals surface area contributed by atoms with Crippen molar-refractivity contribution < 1.29 is 17.9 Å². The molecular weight excluding hydrogens is 414 g/mol. The van der Waals surface area contributed by atoms with Crippen LogP contribution < -0.4 is 14.2 Å². The second-order valence-corrected chi connectivity index (χ2v) is 10.5. The first-order chi connectivity index (χ1) is 14.7. The fraction of sp³-hybridized carbons (Fsp3) is 0.522. The number of hydrogen-bond acceptors (Lipinski definition) is 6. The van der Waals surface area contributed by atoms with Gasteiger partial charge in [-0.3, -0.25) is 4.72 Å². The average molecular weight is 446 g/mol. The molecule has 0 amide bonds. The van der Waals surface area contributed by atoms with E-state index in [-0.39, 0.29) is 10.5 Å². The maximum absolute atomic E-state index is 13.2. The van der Waals surface area contributed by atoms with Crippen molar-refractivity contribution in [2.75, 3.05) is 31.5 Å². The van der Waals surface area contributed by atoms with Crippen LogP contribution in [0.4, 0.5) is 5.69 Å². The maximum atomic E-state index is 13.2. The minimum Gasteiger partial charge on any atom is -0.488 e. The molecule has 1 aromatic heterocycles. The fourth-order valence-electron chi connectivity index (χ4n) is 4.21. The summed E-state index contributed by atoms with van der Waals surface area (Å²) in [6.07, 6.45) is 3.28. The van der Waals surface area contributed by atoms with Gasteiger partial charge in [0.15, 0.2) is 0 Å². The number of nitrogens with one attached hydrogen (secondary N) is 1. The quantitative estimate of drug-likeness (QED) is 0.760. The van der Waals surface area contributed by atoms with Gasteiger partial charge < -0.3 is 14.4 Å². The highest BCUT2D eigenvalue weighted by atomic mass is 32.2. The average Bonchev–Trinajstić information content (AvgIpc) is 2.93. The summed E-state index contributed by atoms with van der Waals surface area (Å²) in [5.41, 5.74) is 3.09. The predicted molar refractivity (Wildman–Crippen MR) is 121 cm³/mol. The van der Waals surface area contributed by atoms with Crippen molar-refractivity contribution in [1.82, 2.24) is 9.88 Å². The van der Waals surface area contributed by atoms with E-state index in [2.05, 4.69) is 21.5 Å². The van der Waals surface area contributed by atoms with Gasteiger partial charge in [0.1, 0.15) is 17.0 Å². The minimum atomic E-state index is -3.80. The van der Waals surface area contributed by atoms with Crippen LogP contribution in [0.3, 0.4) is 0 Å². The Balaban J connectivity index is 1.62. The van der Waals surface area contributed by atoms with E-state index < -0.39 is 10.0 Å². The molecule has 1 N–H and O–H groups in total. The van der Waals surface area contributed by atoms with Crippen LogP contribution in [0.25, 0.3) is 0 Å². The van der Waals surface area contributed by atoms with Gasteiger partial charge in [-0.1, -0.05) is 6.92 Å². The Bertz CT molecular complexity index is 1080. The summed E-state index contributed by atoms with van der Waals surface area (Å²) in [7, 11) is -2.28. The van der Waals surface area contributed by atoms with Gasteiger partial charge in [0.2, 0.25) is 5.88 Å². The molecule has 8 heteroatoms. The van der Waals surface area contributed by atoms with E-state index in [1.807, 2.05) is 19.9 Å². The molecule has 0 fully saturated rings. The normalized spacial score (nSPS) is 18.3. The zero-order chi connectivity index (χ0) is 22.2. The topological polar surface area (TPSA) is 80.8 Å². The van der Waals surface area contributed by atoms with Crippen molar-refractivity contribution in [1.29, 1.82) is 0 Å². The van der Waals surface area contributed by atoms with E-state index in [4.69, 9.17) is 9.47 Å². The zero-order valence-electron chi connectivity index (χ0n) is 18.7. The van der Waals surface area contributed by atoms with E-state index in [1.54, 1.807) is 18.2 Å². The third-order valence-electron chi connectivity index (χ3n) is 6.13. The third kappa shape index (κ3) is 4.65. The summed E-state index contributed by atoms with van der Waals surface area (Å²) in [6.45, 7) is 9.10. The number of aromatic nitrogens is 1. The molecule has 7 nitrogen and oxygen atoms in total. The van der Waals surface area contributed by atoms with Crippen molar-refractivity contribution in [2.24, 2.45) is 0 Å². The zero-order valence-corrected chi connectivity index (χ0v) is 19.5. The van der Waals surface area contributed by atoms with Gasteiger partial charge in [0.25, 0.3) is 10.0 Å². The summed E-state index contributed by atoms with van der Waals surface area (Å²) in [4.78, 5) is 7.21. The van der Waals surface area contributed by atoms with E-state index >= 15 is 0 Å². The number of hydrogen-bond donors (Lipinski definition) is 1. The molecule has 0 radical (unpaired) electrons. The number of pyridine rings is 1. The van der Waals surface area contributed by atoms with E-state index in [0.717, 1.165) is 67.9 Å². The van der Waals surface area contributed by atoms with Gasteiger partial charge in [0, 0.05) is 25.2 Å². The highest BCUT2D eigenvalue weighted by molar-refractivity contribution is 7.92. The summed E-state index contributed by atoms with van der Waals surface area (Å²) in [5, 5.41) is 0. The van der Waals surface area contributed by atoms with Gasteiger partial charge in [-0.25, -0.2) is 13.4 Å². The minimum absolute atomic E-state index is 0.212. The summed E-state index contributed by atoms with van der Waals surface area (Å²) in [5.74, 6) is 1.05. The van der Waals surface area contributed by atoms with Gasteiger partial charge in [-0.15, -0.1) is 0 Å². The Hall–Kier alpha value is -2.32. The Morgan fingerprint density at radius 3 is 2.68 bits per heavy atom. The number of sulfonamides is 1. The van der Waals surface area contributed by atoms with Crippen LogP contribution in [0, 0.1) is 0 Å². The van der Waals surface area contributed by atoms with Crippen molar-refractivity contribution in [2.45, 2.75) is 57.0 Å². The summed E-state index contributed by atoms with van der Waals surface area (Å²) in [6, 6.07) is 6.92. The van der Waals surface area contributed by atoms with Crippen molar-refractivity contribution in [3.05, 3.63) is 41.1 Å². The highest BCUT2D eigenvalue weighted by Crippen LogP contribution is 2.35. The number of methoxy groups -OCH3 is 1. The number of ether oxygens (including phenoxy) is 2. The molecule has 0 saturated carbocycles. The number of benzene rings is 1. The first-order valence-corrected chi connectivity index (χ1v) is 12.3. The molecule has 2 aliphatic heterocycles. The fourth-order valence-corrected chi connectivity index (χ4v) is 5.31. The van der Waals surface area contributed by atoms with Crippen LogP contribution in [0.1, 0.15) is 44.0 Å². The molecule has 2 aromatic rings. The molecule has 2 aliphatic rings. The molecule has 0 saturated heterocycles. The van der Waals surface area contributed by atoms with Crippen LogP contribution >= 0.6 is 0 Å². The molecular formula is C23H31N3O4S. The lowest BCUT2D eigenvalue weighted by molar-refractivity contribution is 0.0845. The molecule has 0 aliphatic carbocycles. The second kappa shape index (κ2) is 8.31. The summed E-state index contributed by atoms with van der Waals surface area (Å²) < 4.78 is 40.5. The highest BCUT2D eigenvalue weighted by Gasteiger charge is 2.28. The lowest BCUT2D eigenvalue weighted by Gasteiger charge is -2.32. The van der Waals surface area contributed by atoms with Crippen LogP contribution in [0.15, 0.2) is 29.2 Å². The summed E-state index contributed by atoms with van der Waals surface area (Å²) >= 11 is 0. The van der Waals surface area contributed by atoms with Crippen LogP contribution in [0.2, 0.25) is 0 Å². The van der Waals surface area contributed by atoms with Crippen LogP contribution in [0.5, 0.6) is 11.6 Å². The lowest BCUT2D eigenvalue weighted by Crippen LogP contribution is -2.32. The largest absolute Gasteiger partial charge is 0.488 e. The lowest BCUT2D eigenvalue weighted by atomic mass is 9.94. The first kappa shape index (κ1) is 21.9. The number of likely N-dealkylation sites (N-methyl/N-ethyl adjacent to an activating group) is 1. The predicted octanol–water partition coefficient (Wildman–Crippen LogP) is 3.42. The van der Waals surface area contributed by atoms with Crippen molar-refractivity contribution in [3.8, 4) is 11.6 Å². The monoisotopic (exact) mass is 445 g/mol. The van der Waals surface area contributed by atoms with Crippen molar-refractivity contribution >= 4 is 15.7 Å². The third-order valence-corrected chi connectivity index (χ3v) is 7.49. The SMILES string of the molecule is CCN1CCc2cc(NS(=O)(=O)c3ccc4c(c3)CCC(C)(C)O4)c(OC)nc2CC1. The number of nitrogens with zero attached hydrogens (tertiary/aromatic N) is 2. The number of aryl methyl sites for hydroxylation is 1. The molecule has 168 valence electrons. The van der Waals surface area contributed by atoms with E-state index in [9.17, 15) is 8.42 Å². The Morgan fingerprint density at radius 1 is 1.16 bits per heavy atom. The number of rotatable bonds is 5. The Kier molecular flexibility index (Phi) is 5.87.